The van der Waals surface area contributed by atoms with E-state index in [0.29, 0.717) is 10.8 Å². The molecule has 1 fully saturated rings. The Balaban J connectivity index is 1.31. The van der Waals surface area contributed by atoms with E-state index in [1.807, 2.05) is 41.3 Å². The number of thiazole rings is 1. The predicted molar refractivity (Wildman–Crippen MR) is 108 cm³/mol. The standard InChI is InChI=1S/C18H17ClN4OS2/c19-13-4-5-15-14(11-13)21-18(26-15)25-12-17(24)23-9-7-22(8-10-23)16-3-1-2-6-20-16/h1-6,11H,7-10,12H2. The number of halogens is 1. The summed E-state index contributed by atoms with van der Waals surface area (Å²) in [6.45, 7) is 3.08. The monoisotopic (exact) mass is 404 g/mol. The Morgan fingerprint density at radius 2 is 2.04 bits per heavy atom. The highest BCUT2D eigenvalue weighted by atomic mass is 35.5. The number of rotatable bonds is 4. The van der Waals surface area contributed by atoms with Crippen LogP contribution in [0.1, 0.15) is 0 Å². The minimum Gasteiger partial charge on any atom is -0.353 e. The average Bonchev–Trinajstić information content (AvgIpc) is 3.09. The summed E-state index contributed by atoms with van der Waals surface area (Å²) in [6.07, 6.45) is 1.80. The minimum absolute atomic E-state index is 0.160. The van der Waals surface area contributed by atoms with Gasteiger partial charge in [-0.15, -0.1) is 11.3 Å². The minimum atomic E-state index is 0.160. The number of hydrogen-bond acceptors (Lipinski definition) is 6. The van der Waals surface area contributed by atoms with Gasteiger partial charge in [-0.2, -0.15) is 0 Å². The molecule has 0 unspecified atom stereocenters. The van der Waals surface area contributed by atoms with Gasteiger partial charge < -0.3 is 9.80 Å². The quantitative estimate of drug-likeness (QED) is 0.619. The van der Waals surface area contributed by atoms with Gasteiger partial charge in [0.15, 0.2) is 4.34 Å². The Bertz CT molecular complexity index is 910. The van der Waals surface area contributed by atoms with Gasteiger partial charge in [0, 0.05) is 37.4 Å². The van der Waals surface area contributed by atoms with E-state index in [1.54, 1.807) is 17.5 Å². The van der Waals surface area contributed by atoms with Crippen LogP contribution in [0.3, 0.4) is 0 Å². The van der Waals surface area contributed by atoms with Crippen LogP contribution in [0.25, 0.3) is 10.2 Å². The molecule has 2 aromatic heterocycles. The number of carbonyl (C=O) groups is 1. The molecule has 0 spiro atoms. The number of piperazine rings is 1. The molecule has 1 aromatic carbocycles. The molecule has 0 N–H and O–H groups in total. The van der Waals surface area contributed by atoms with Crippen LogP contribution in [0.5, 0.6) is 0 Å². The molecule has 4 rings (SSSR count). The molecule has 26 heavy (non-hydrogen) atoms. The fraction of sp³-hybridized carbons (Fsp3) is 0.278. The van der Waals surface area contributed by atoms with Gasteiger partial charge in [-0.25, -0.2) is 9.97 Å². The number of benzene rings is 1. The van der Waals surface area contributed by atoms with E-state index in [2.05, 4.69) is 14.9 Å². The zero-order valence-corrected chi connectivity index (χ0v) is 16.4. The van der Waals surface area contributed by atoms with Crippen LogP contribution in [0, 0.1) is 0 Å². The summed E-state index contributed by atoms with van der Waals surface area (Å²) in [5, 5.41) is 0.682. The SMILES string of the molecule is O=C(CSc1nc2cc(Cl)ccc2s1)N1CCN(c2ccccn2)CC1. The van der Waals surface area contributed by atoms with Crippen molar-refractivity contribution >= 4 is 56.6 Å². The molecule has 1 amide bonds. The van der Waals surface area contributed by atoms with Crippen molar-refractivity contribution in [2.24, 2.45) is 0 Å². The first-order valence-corrected chi connectivity index (χ1v) is 10.5. The van der Waals surface area contributed by atoms with Gasteiger partial charge in [-0.1, -0.05) is 29.4 Å². The lowest BCUT2D eigenvalue weighted by molar-refractivity contribution is -0.128. The van der Waals surface area contributed by atoms with E-state index in [-0.39, 0.29) is 5.91 Å². The van der Waals surface area contributed by atoms with E-state index in [0.717, 1.165) is 46.6 Å². The second kappa shape index (κ2) is 7.82. The first-order valence-electron chi connectivity index (χ1n) is 8.32. The van der Waals surface area contributed by atoms with Gasteiger partial charge in [0.2, 0.25) is 5.91 Å². The molecule has 1 aliphatic heterocycles. The molecule has 0 saturated carbocycles. The molecule has 1 saturated heterocycles. The number of hydrogen-bond donors (Lipinski definition) is 0. The number of thioether (sulfide) groups is 1. The first-order chi connectivity index (χ1) is 12.7. The second-order valence-corrected chi connectivity index (χ2v) is 8.63. The number of anilines is 1. The van der Waals surface area contributed by atoms with E-state index < -0.39 is 0 Å². The summed E-state index contributed by atoms with van der Waals surface area (Å²) in [5.74, 6) is 1.55. The van der Waals surface area contributed by atoms with Crippen molar-refractivity contribution in [2.45, 2.75) is 4.34 Å². The molecule has 0 atom stereocenters. The second-order valence-electron chi connectivity index (χ2n) is 5.94. The third-order valence-electron chi connectivity index (χ3n) is 4.25. The van der Waals surface area contributed by atoms with Crippen molar-refractivity contribution in [2.75, 3.05) is 36.8 Å². The Labute approximate surface area is 165 Å². The smallest absolute Gasteiger partial charge is 0.233 e. The van der Waals surface area contributed by atoms with Crippen molar-refractivity contribution in [3.63, 3.8) is 0 Å². The van der Waals surface area contributed by atoms with E-state index in [4.69, 9.17) is 11.6 Å². The lowest BCUT2D eigenvalue weighted by Gasteiger charge is -2.35. The first kappa shape index (κ1) is 17.6. The fourth-order valence-electron chi connectivity index (χ4n) is 2.88. The van der Waals surface area contributed by atoms with Crippen LogP contribution in [0.15, 0.2) is 46.9 Å². The molecule has 0 bridgehead atoms. The van der Waals surface area contributed by atoms with Gasteiger partial charge in [-0.3, -0.25) is 4.79 Å². The number of pyridine rings is 1. The predicted octanol–water partition coefficient (Wildman–Crippen LogP) is 3.79. The Hall–Kier alpha value is -1.83. The van der Waals surface area contributed by atoms with Crippen LogP contribution in [-0.4, -0.2) is 52.7 Å². The Kier molecular flexibility index (Phi) is 5.28. The number of aromatic nitrogens is 2. The molecule has 0 radical (unpaired) electrons. The molecule has 3 heterocycles. The maximum Gasteiger partial charge on any atom is 0.233 e. The van der Waals surface area contributed by atoms with Crippen molar-refractivity contribution in [1.29, 1.82) is 0 Å². The fourth-order valence-corrected chi connectivity index (χ4v) is 5.00. The van der Waals surface area contributed by atoms with Gasteiger partial charge in [0.1, 0.15) is 5.82 Å². The number of amides is 1. The summed E-state index contributed by atoms with van der Waals surface area (Å²) in [7, 11) is 0. The van der Waals surface area contributed by atoms with Crippen LogP contribution >= 0.6 is 34.7 Å². The van der Waals surface area contributed by atoms with E-state index in [1.165, 1.54) is 11.8 Å². The Morgan fingerprint density at radius 1 is 1.19 bits per heavy atom. The lowest BCUT2D eigenvalue weighted by atomic mass is 10.3. The van der Waals surface area contributed by atoms with Crippen molar-refractivity contribution in [1.82, 2.24) is 14.9 Å². The highest BCUT2D eigenvalue weighted by molar-refractivity contribution is 8.01. The molecule has 5 nitrogen and oxygen atoms in total. The third kappa shape index (κ3) is 3.95. The van der Waals surface area contributed by atoms with Gasteiger partial charge in [0.05, 0.1) is 16.0 Å². The largest absolute Gasteiger partial charge is 0.353 e. The van der Waals surface area contributed by atoms with Crippen LogP contribution in [-0.2, 0) is 4.79 Å². The van der Waals surface area contributed by atoms with Crippen LogP contribution < -0.4 is 4.90 Å². The zero-order chi connectivity index (χ0) is 17.9. The highest BCUT2D eigenvalue weighted by Crippen LogP contribution is 2.31. The highest BCUT2D eigenvalue weighted by Gasteiger charge is 2.22. The normalized spacial score (nSPS) is 14.8. The number of fused-ring (bicyclic) bond motifs is 1. The topological polar surface area (TPSA) is 49.3 Å². The Morgan fingerprint density at radius 3 is 2.81 bits per heavy atom. The summed E-state index contributed by atoms with van der Waals surface area (Å²) < 4.78 is 2.00. The van der Waals surface area contributed by atoms with Crippen molar-refractivity contribution < 1.29 is 4.79 Å². The van der Waals surface area contributed by atoms with Gasteiger partial charge >= 0.3 is 0 Å². The maximum absolute atomic E-state index is 12.5. The lowest BCUT2D eigenvalue weighted by Crippen LogP contribution is -2.49. The van der Waals surface area contributed by atoms with Crippen LogP contribution in [0.2, 0.25) is 5.02 Å². The number of nitrogens with zero attached hydrogens (tertiary/aromatic N) is 4. The molecule has 3 aromatic rings. The molecule has 8 heteroatoms. The summed E-state index contributed by atoms with van der Waals surface area (Å²) >= 11 is 9.10. The third-order valence-corrected chi connectivity index (χ3v) is 6.65. The molecular weight excluding hydrogens is 388 g/mol. The summed E-state index contributed by atoms with van der Waals surface area (Å²) in [4.78, 5) is 25.6. The van der Waals surface area contributed by atoms with Crippen molar-refractivity contribution in [3.8, 4) is 0 Å². The van der Waals surface area contributed by atoms with Crippen LogP contribution in [0.4, 0.5) is 5.82 Å². The summed E-state index contributed by atoms with van der Waals surface area (Å²) in [6, 6.07) is 11.6. The summed E-state index contributed by atoms with van der Waals surface area (Å²) in [5.41, 5.74) is 0.890. The van der Waals surface area contributed by atoms with E-state index in [9.17, 15) is 4.79 Å². The van der Waals surface area contributed by atoms with E-state index >= 15 is 0 Å². The maximum atomic E-state index is 12.5. The molecule has 1 aliphatic rings. The zero-order valence-electron chi connectivity index (χ0n) is 14.0. The molecule has 134 valence electrons. The van der Waals surface area contributed by atoms with Gasteiger partial charge in [0.25, 0.3) is 0 Å². The average molecular weight is 405 g/mol. The molecular formula is C18H17ClN4OS2. The number of carbonyl (C=O) groups excluding carboxylic acids is 1. The van der Waals surface area contributed by atoms with Crippen molar-refractivity contribution in [3.05, 3.63) is 47.6 Å². The molecule has 0 aliphatic carbocycles. The van der Waals surface area contributed by atoms with Gasteiger partial charge in [-0.05, 0) is 30.3 Å².